The number of hydrogen-bond donors (Lipinski definition) is 1. The molecule has 0 aliphatic rings. The second kappa shape index (κ2) is 5.43. The lowest BCUT2D eigenvalue weighted by molar-refractivity contribution is 0.100. The first-order valence-electron chi connectivity index (χ1n) is 5.47. The van der Waals surface area contributed by atoms with E-state index in [1.807, 2.05) is 0 Å². The lowest BCUT2D eigenvalue weighted by Crippen LogP contribution is -2.28. The van der Waals surface area contributed by atoms with Gasteiger partial charge >= 0.3 is 0 Å². The number of nitrogens with zero attached hydrogens (tertiary/aromatic N) is 1. The average molecular weight is 331 g/mol. The van der Waals surface area contributed by atoms with E-state index >= 15 is 0 Å². The molecule has 0 atom stereocenters. The molecule has 1 heterocycles. The molecule has 1 aromatic heterocycles. The van der Waals surface area contributed by atoms with E-state index in [9.17, 15) is 13.2 Å². The predicted molar refractivity (Wildman–Crippen MR) is 79.9 cm³/mol. The minimum atomic E-state index is -3.77. The molecule has 2 rings (SSSR count). The lowest BCUT2D eigenvalue weighted by atomic mass is 10.2. The van der Waals surface area contributed by atoms with Crippen LogP contribution in [0.5, 0.6) is 0 Å². The Morgan fingerprint density at radius 2 is 1.90 bits per heavy atom. The number of carbonyl (C=O) groups excluding carboxylic acids is 1. The number of thiophene rings is 1. The second-order valence-electron chi connectivity index (χ2n) is 3.91. The predicted octanol–water partition coefficient (Wildman–Crippen LogP) is 2.33. The Morgan fingerprint density at radius 1 is 1.25 bits per heavy atom. The van der Waals surface area contributed by atoms with Crippen LogP contribution in [0.3, 0.4) is 0 Å². The summed E-state index contributed by atoms with van der Waals surface area (Å²) < 4.78 is 26.4. The summed E-state index contributed by atoms with van der Waals surface area (Å²) in [5, 5.41) is 0. The number of benzene rings is 1. The van der Waals surface area contributed by atoms with Crippen LogP contribution in [0.25, 0.3) is 0 Å². The molecule has 0 radical (unpaired) electrons. The summed E-state index contributed by atoms with van der Waals surface area (Å²) >= 11 is 6.71. The smallest absolute Gasteiger partial charge is 0.273 e. The second-order valence-corrected chi connectivity index (χ2v) is 7.82. The number of primary amides is 1. The van der Waals surface area contributed by atoms with Crippen LogP contribution in [0.15, 0.2) is 40.6 Å². The van der Waals surface area contributed by atoms with E-state index in [2.05, 4.69) is 0 Å². The van der Waals surface area contributed by atoms with Crippen LogP contribution in [0.2, 0.25) is 4.34 Å². The van der Waals surface area contributed by atoms with E-state index in [1.54, 1.807) is 12.1 Å². The van der Waals surface area contributed by atoms with Crippen molar-refractivity contribution in [2.24, 2.45) is 5.73 Å². The zero-order valence-corrected chi connectivity index (χ0v) is 12.8. The maximum absolute atomic E-state index is 12.4. The minimum absolute atomic E-state index is 0.101. The molecular weight excluding hydrogens is 320 g/mol. The number of nitrogens with two attached hydrogens (primary N) is 1. The van der Waals surface area contributed by atoms with Crippen molar-refractivity contribution in [1.29, 1.82) is 0 Å². The molecule has 0 aliphatic heterocycles. The molecule has 2 N–H and O–H groups in total. The number of amides is 1. The van der Waals surface area contributed by atoms with Crippen LogP contribution in [0.1, 0.15) is 10.4 Å². The number of carbonyl (C=O) groups is 1. The molecule has 0 saturated heterocycles. The highest BCUT2D eigenvalue weighted by Gasteiger charge is 2.25. The van der Waals surface area contributed by atoms with Gasteiger partial charge < -0.3 is 5.73 Å². The van der Waals surface area contributed by atoms with Gasteiger partial charge in [0.2, 0.25) is 0 Å². The number of anilines is 1. The van der Waals surface area contributed by atoms with Gasteiger partial charge in [0.15, 0.2) is 0 Å². The molecule has 0 spiro atoms. The van der Waals surface area contributed by atoms with E-state index < -0.39 is 15.9 Å². The summed E-state index contributed by atoms with van der Waals surface area (Å²) in [4.78, 5) is 11.4. The van der Waals surface area contributed by atoms with Gasteiger partial charge in [0.05, 0.1) is 15.6 Å². The van der Waals surface area contributed by atoms with Crippen LogP contribution >= 0.6 is 22.9 Å². The van der Waals surface area contributed by atoms with Crippen molar-refractivity contribution in [2.75, 3.05) is 11.4 Å². The van der Waals surface area contributed by atoms with Gasteiger partial charge in [0.1, 0.15) is 4.21 Å². The Hall–Kier alpha value is -1.57. The van der Waals surface area contributed by atoms with Crippen molar-refractivity contribution in [3.63, 3.8) is 0 Å². The highest BCUT2D eigenvalue weighted by atomic mass is 35.5. The van der Waals surface area contributed by atoms with Gasteiger partial charge in [-0.15, -0.1) is 11.3 Å². The molecular formula is C12H11ClN2O3S2. The first-order valence-corrected chi connectivity index (χ1v) is 8.10. The molecule has 0 fully saturated rings. The topological polar surface area (TPSA) is 80.5 Å². The Balaban J connectivity index is 2.51. The van der Waals surface area contributed by atoms with E-state index in [4.69, 9.17) is 17.3 Å². The molecule has 106 valence electrons. The summed E-state index contributed by atoms with van der Waals surface area (Å²) in [7, 11) is -2.40. The van der Waals surface area contributed by atoms with Gasteiger partial charge in [-0.3, -0.25) is 9.10 Å². The summed E-state index contributed by atoms with van der Waals surface area (Å²) in [6.45, 7) is 0. The van der Waals surface area contributed by atoms with Crippen molar-refractivity contribution in [3.8, 4) is 0 Å². The molecule has 0 unspecified atom stereocenters. The zero-order valence-electron chi connectivity index (χ0n) is 10.4. The fourth-order valence-corrected chi connectivity index (χ4v) is 4.53. The molecule has 8 heteroatoms. The maximum Gasteiger partial charge on any atom is 0.273 e. The third-order valence-corrected chi connectivity index (χ3v) is 6.14. The molecule has 20 heavy (non-hydrogen) atoms. The SMILES string of the molecule is CN(c1ccccc1C(N)=O)S(=O)(=O)c1ccc(Cl)s1. The number of para-hydroxylation sites is 1. The van der Waals surface area contributed by atoms with Crippen molar-refractivity contribution < 1.29 is 13.2 Å². The van der Waals surface area contributed by atoms with Gasteiger partial charge in [-0.1, -0.05) is 23.7 Å². The fraction of sp³-hybridized carbons (Fsp3) is 0.0833. The van der Waals surface area contributed by atoms with Crippen molar-refractivity contribution in [2.45, 2.75) is 4.21 Å². The molecule has 1 aromatic carbocycles. The molecule has 0 bridgehead atoms. The van der Waals surface area contributed by atoms with E-state index in [1.165, 1.54) is 31.3 Å². The Bertz CT molecular complexity index is 756. The Morgan fingerprint density at radius 3 is 2.45 bits per heavy atom. The van der Waals surface area contributed by atoms with Gasteiger partial charge in [0, 0.05) is 7.05 Å². The first kappa shape index (κ1) is 14.8. The van der Waals surface area contributed by atoms with Gasteiger partial charge in [-0.25, -0.2) is 8.42 Å². The maximum atomic E-state index is 12.4. The Labute approximate surface area is 125 Å². The van der Waals surface area contributed by atoms with Crippen molar-refractivity contribution in [3.05, 3.63) is 46.3 Å². The number of hydrogen-bond acceptors (Lipinski definition) is 4. The largest absolute Gasteiger partial charge is 0.366 e. The van der Waals surface area contributed by atoms with Crippen molar-refractivity contribution >= 4 is 44.6 Å². The molecule has 2 aromatic rings. The van der Waals surface area contributed by atoms with Crippen LogP contribution in [0, 0.1) is 0 Å². The van der Waals surface area contributed by atoms with Gasteiger partial charge in [-0.2, -0.15) is 0 Å². The first-order chi connectivity index (χ1) is 9.34. The van der Waals surface area contributed by atoms with Crippen LogP contribution < -0.4 is 10.0 Å². The highest BCUT2D eigenvalue weighted by molar-refractivity contribution is 7.94. The standard InChI is InChI=1S/C12H11ClN2O3S2/c1-15(9-5-3-2-4-8(9)12(14)16)20(17,18)11-7-6-10(13)19-11/h2-7H,1H3,(H2,14,16). The van der Waals surface area contributed by atoms with Gasteiger partial charge in [-0.05, 0) is 24.3 Å². The number of rotatable bonds is 4. The average Bonchev–Trinajstić information content (AvgIpc) is 2.85. The summed E-state index contributed by atoms with van der Waals surface area (Å²) in [5.74, 6) is -0.688. The quantitative estimate of drug-likeness (QED) is 0.934. The van der Waals surface area contributed by atoms with Crippen molar-refractivity contribution in [1.82, 2.24) is 0 Å². The van der Waals surface area contributed by atoms with E-state index in [0.29, 0.717) is 4.34 Å². The molecule has 0 aliphatic carbocycles. The van der Waals surface area contributed by atoms with Gasteiger partial charge in [0.25, 0.3) is 15.9 Å². The summed E-state index contributed by atoms with van der Waals surface area (Å²) in [6.07, 6.45) is 0. The Kier molecular flexibility index (Phi) is 4.03. The number of halogens is 1. The van der Waals surface area contributed by atoms with Crippen LogP contribution in [0.4, 0.5) is 5.69 Å². The summed E-state index contributed by atoms with van der Waals surface area (Å²) in [5.41, 5.74) is 5.63. The summed E-state index contributed by atoms with van der Waals surface area (Å²) in [6, 6.07) is 9.18. The highest BCUT2D eigenvalue weighted by Crippen LogP contribution is 2.31. The van der Waals surface area contributed by atoms with E-state index in [0.717, 1.165) is 15.6 Å². The zero-order chi connectivity index (χ0) is 14.9. The minimum Gasteiger partial charge on any atom is -0.366 e. The normalized spacial score (nSPS) is 11.3. The lowest BCUT2D eigenvalue weighted by Gasteiger charge is -2.20. The van der Waals surface area contributed by atoms with Crippen LogP contribution in [-0.2, 0) is 10.0 Å². The third-order valence-electron chi connectivity index (χ3n) is 2.67. The molecule has 1 amide bonds. The monoisotopic (exact) mass is 330 g/mol. The third kappa shape index (κ3) is 2.65. The van der Waals surface area contributed by atoms with Crippen LogP contribution in [-0.4, -0.2) is 21.4 Å². The molecule has 5 nitrogen and oxygen atoms in total. The molecule has 0 saturated carbocycles. The fourth-order valence-electron chi connectivity index (χ4n) is 1.66. The number of sulfonamides is 1. The van der Waals surface area contributed by atoms with E-state index in [-0.39, 0.29) is 15.5 Å².